The number of hydrogen-bond acceptors (Lipinski definition) is 6. The van der Waals surface area contributed by atoms with Crippen molar-refractivity contribution in [3.63, 3.8) is 0 Å². The highest BCUT2D eigenvalue weighted by atomic mass is 16.4. The van der Waals surface area contributed by atoms with E-state index in [1.165, 1.54) is 0 Å². The zero-order valence-corrected chi connectivity index (χ0v) is 21.1. The van der Waals surface area contributed by atoms with E-state index in [1.54, 1.807) is 0 Å². The van der Waals surface area contributed by atoms with E-state index in [-0.39, 0.29) is 12.8 Å². The maximum absolute atomic E-state index is 10.1. The smallest absolute Gasteiger partial charge is 0.304 e. The van der Waals surface area contributed by atoms with E-state index < -0.39 is 11.9 Å². The molecule has 0 atom stereocenters. The van der Waals surface area contributed by atoms with Crippen LogP contribution >= 0.6 is 0 Å². The molecule has 184 valence electrons. The predicted octanol–water partition coefficient (Wildman–Crippen LogP) is 2.84. The van der Waals surface area contributed by atoms with E-state index in [2.05, 4.69) is 48.1 Å². The molecule has 8 nitrogen and oxygen atoms in total. The highest BCUT2D eigenvalue weighted by Gasteiger charge is 2.02. The number of hydrogen-bond donors (Lipinski definition) is 4. The van der Waals surface area contributed by atoms with Crippen molar-refractivity contribution in [3.05, 3.63) is 0 Å². The summed E-state index contributed by atoms with van der Waals surface area (Å²) in [5.41, 5.74) is 0. The molecule has 0 aliphatic carbocycles. The van der Waals surface area contributed by atoms with Gasteiger partial charge in [-0.05, 0) is 52.4 Å². The Hall–Kier alpha value is -1.22. The first-order valence-corrected chi connectivity index (χ1v) is 11.5. The molecule has 0 aliphatic heterocycles. The van der Waals surface area contributed by atoms with Crippen LogP contribution in [0.5, 0.6) is 0 Å². The van der Waals surface area contributed by atoms with Crippen LogP contribution in [0.25, 0.3) is 0 Å². The summed E-state index contributed by atoms with van der Waals surface area (Å²) in [5.74, 6) is -1.43. The lowest BCUT2D eigenvalue weighted by atomic mass is 10.4. The minimum Gasteiger partial charge on any atom is -0.481 e. The van der Waals surface area contributed by atoms with Crippen molar-refractivity contribution in [1.29, 1.82) is 0 Å². The van der Waals surface area contributed by atoms with E-state index in [1.807, 2.05) is 27.7 Å². The molecule has 8 heteroatoms. The van der Waals surface area contributed by atoms with Gasteiger partial charge >= 0.3 is 11.9 Å². The van der Waals surface area contributed by atoms with Gasteiger partial charge in [-0.25, -0.2) is 0 Å². The van der Waals surface area contributed by atoms with Gasteiger partial charge in [-0.3, -0.25) is 9.59 Å². The summed E-state index contributed by atoms with van der Waals surface area (Å²) in [6, 6.07) is 0. The standard InChI is InChI=1S/2C7H15NO2.2C4H11N/c2*1-3-8(4-2)6-5-7(9)10;2*1-3-5-4-2/h2*3-6H2,1-2H3,(H,9,10);2*5H,3-4H2,1-2H3. The first-order chi connectivity index (χ1) is 14.2. The monoisotopic (exact) mass is 436 g/mol. The van der Waals surface area contributed by atoms with Crippen molar-refractivity contribution in [2.45, 2.75) is 68.2 Å². The van der Waals surface area contributed by atoms with Gasteiger partial charge in [0.2, 0.25) is 0 Å². The van der Waals surface area contributed by atoms with Crippen LogP contribution in [-0.2, 0) is 9.59 Å². The van der Waals surface area contributed by atoms with E-state index in [9.17, 15) is 9.59 Å². The highest BCUT2D eigenvalue weighted by Crippen LogP contribution is 1.90. The fourth-order valence-corrected chi connectivity index (χ4v) is 2.09. The van der Waals surface area contributed by atoms with Crippen molar-refractivity contribution in [1.82, 2.24) is 20.4 Å². The Bertz CT molecular complexity index is 301. The average molecular weight is 437 g/mol. The minimum atomic E-state index is -0.716. The zero-order chi connectivity index (χ0) is 24.2. The topological polar surface area (TPSA) is 105 Å². The number of carbonyl (C=O) groups is 2. The van der Waals surface area contributed by atoms with Crippen molar-refractivity contribution in [3.8, 4) is 0 Å². The average Bonchev–Trinajstić information content (AvgIpc) is 2.72. The zero-order valence-electron chi connectivity index (χ0n) is 21.1. The van der Waals surface area contributed by atoms with Gasteiger partial charge in [-0.2, -0.15) is 0 Å². The second-order valence-corrected chi connectivity index (χ2v) is 6.26. The molecule has 0 aromatic carbocycles. The Morgan fingerprint density at radius 3 is 0.900 bits per heavy atom. The Morgan fingerprint density at radius 1 is 0.567 bits per heavy atom. The second-order valence-electron chi connectivity index (χ2n) is 6.26. The van der Waals surface area contributed by atoms with Crippen molar-refractivity contribution in [2.24, 2.45) is 0 Å². The molecule has 0 aliphatic rings. The molecular formula is C22H52N4O4. The van der Waals surface area contributed by atoms with E-state index >= 15 is 0 Å². The summed E-state index contributed by atoms with van der Waals surface area (Å²) in [6.45, 7) is 26.0. The number of aliphatic carboxylic acids is 2. The van der Waals surface area contributed by atoms with Gasteiger partial charge in [0.1, 0.15) is 0 Å². The molecule has 0 saturated heterocycles. The minimum absolute atomic E-state index is 0.252. The molecular weight excluding hydrogens is 384 g/mol. The number of carboxylic acids is 2. The van der Waals surface area contributed by atoms with Crippen LogP contribution in [0.4, 0.5) is 0 Å². The Balaban J connectivity index is -0.000000159. The van der Waals surface area contributed by atoms with Crippen LogP contribution in [0, 0.1) is 0 Å². The molecule has 0 fully saturated rings. The highest BCUT2D eigenvalue weighted by molar-refractivity contribution is 5.67. The molecule has 0 bridgehead atoms. The van der Waals surface area contributed by atoms with Crippen LogP contribution in [0.2, 0.25) is 0 Å². The molecule has 0 rings (SSSR count). The lowest BCUT2D eigenvalue weighted by molar-refractivity contribution is -0.138. The molecule has 0 aromatic rings. The summed E-state index contributed by atoms with van der Waals surface area (Å²) in [5, 5.41) is 22.9. The third kappa shape index (κ3) is 41.2. The first-order valence-electron chi connectivity index (χ1n) is 11.5. The molecule has 0 heterocycles. The number of nitrogens with one attached hydrogen (secondary N) is 2. The first kappa shape index (κ1) is 36.2. The van der Waals surface area contributed by atoms with Gasteiger partial charge < -0.3 is 30.6 Å². The lowest BCUT2D eigenvalue weighted by Crippen LogP contribution is -2.25. The molecule has 0 amide bonds. The molecule has 4 N–H and O–H groups in total. The third-order valence-corrected chi connectivity index (χ3v) is 4.07. The maximum Gasteiger partial charge on any atom is 0.304 e. The van der Waals surface area contributed by atoms with Crippen molar-refractivity contribution >= 4 is 11.9 Å². The quantitative estimate of drug-likeness (QED) is 0.329. The SMILES string of the molecule is CCN(CC)CCC(=O)O.CCN(CC)CCC(=O)O.CCNCC.CCNCC. The van der Waals surface area contributed by atoms with Gasteiger partial charge in [0, 0.05) is 13.1 Å². The van der Waals surface area contributed by atoms with Gasteiger partial charge in [0.25, 0.3) is 0 Å². The van der Waals surface area contributed by atoms with Gasteiger partial charge in [0.15, 0.2) is 0 Å². The summed E-state index contributed by atoms with van der Waals surface area (Å²) >= 11 is 0. The largest absolute Gasteiger partial charge is 0.481 e. The normalized spacial score (nSPS) is 9.67. The van der Waals surface area contributed by atoms with E-state index in [0.29, 0.717) is 13.1 Å². The van der Waals surface area contributed by atoms with Crippen LogP contribution in [0.3, 0.4) is 0 Å². The maximum atomic E-state index is 10.1. The number of carboxylic acid groups (broad SMARTS) is 2. The third-order valence-electron chi connectivity index (χ3n) is 4.07. The van der Waals surface area contributed by atoms with E-state index in [0.717, 1.165) is 52.4 Å². The van der Waals surface area contributed by atoms with Gasteiger partial charge in [-0.15, -0.1) is 0 Å². The summed E-state index contributed by atoms with van der Waals surface area (Å²) in [7, 11) is 0. The molecule has 0 unspecified atom stereocenters. The van der Waals surface area contributed by atoms with E-state index in [4.69, 9.17) is 10.2 Å². The van der Waals surface area contributed by atoms with Crippen molar-refractivity contribution < 1.29 is 19.8 Å². The molecule has 0 radical (unpaired) electrons. The van der Waals surface area contributed by atoms with Crippen molar-refractivity contribution in [2.75, 3.05) is 65.4 Å². The van der Waals surface area contributed by atoms with Crippen LogP contribution in [-0.4, -0.2) is 97.4 Å². The predicted molar refractivity (Wildman–Crippen MR) is 129 cm³/mol. The van der Waals surface area contributed by atoms with Gasteiger partial charge in [-0.1, -0.05) is 55.4 Å². The number of nitrogens with zero attached hydrogens (tertiary/aromatic N) is 2. The lowest BCUT2D eigenvalue weighted by Gasteiger charge is -2.15. The summed E-state index contributed by atoms with van der Waals surface area (Å²) in [6.07, 6.45) is 0.503. The summed E-state index contributed by atoms with van der Waals surface area (Å²) in [4.78, 5) is 24.4. The summed E-state index contributed by atoms with van der Waals surface area (Å²) < 4.78 is 0. The molecule has 0 saturated carbocycles. The van der Waals surface area contributed by atoms with Crippen LogP contribution in [0.1, 0.15) is 68.2 Å². The Morgan fingerprint density at radius 2 is 0.800 bits per heavy atom. The van der Waals surface area contributed by atoms with Crippen LogP contribution < -0.4 is 10.6 Å². The fourth-order valence-electron chi connectivity index (χ4n) is 2.09. The molecule has 30 heavy (non-hydrogen) atoms. The molecule has 0 aromatic heterocycles. The second kappa shape index (κ2) is 32.4. The van der Waals surface area contributed by atoms with Crippen LogP contribution in [0.15, 0.2) is 0 Å². The Labute approximate surface area is 186 Å². The van der Waals surface area contributed by atoms with Gasteiger partial charge in [0.05, 0.1) is 12.8 Å². The fraction of sp³-hybridized carbons (Fsp3) is 0.909. The Kier molecular flexibility index (Phi) is 39.1. The molecule has 0 spiro atoms. The number of rotatable bonds is 14.